The third-order valence-corrected chi connectivity index (χ3v) is 7.40. The highest BCUT2D eigenvalue weighted by molar-refractivity contribution is 7.10. The number of hydrogen-bond acceptors (Lipinski definition) is 6. The summed E-state index contributed by atoms with van der Waals surface area (Å²) in [5.74, 6) is -1.43. The Bertz CT molecular complexity index is 1020. The quantitative estimate of drug-likeness (QED) is 0.528. The Morgan fingerprint density at radius 3 is 2.85 bits per heavy atom. The van der Waals surface area contributed by atoms with Gasteiger partial charge in [-0.2, -0.15) is 0 Å². The van der Waals surface area contributed by atoms with Crippen molar-refractivity contribution in [2.75, 3.05) is 6.54 Å². The molecule has 0 saturated carbocycles. The Balaban J connectivity index is 1.29. The van der Waals surface area contributed by atoms with Crippen LogP contribution >= 0.6 is 22.9 Å². The molecule has 2 aliphatic heterocycles. The van der Waals surface area contributed by atoms with Gasteiger partial charge in [-0.05, 0) is 54.0 Å². The van der Waals surface area contributed by atoms with Crippen molar-refractivity contribution in [3.63, 3.8) is 0 Å². The monoisotopic (exact) mass is 490 g/mol. The van der Waals surface area contributed by atoms with Gasteiger partial charge in [-0.1, -0.05) is 29.8 Å². The summed E-state index contributed by atoms with van der Waals surface area (Å²) in [7, 11) is 0. The van der Waals surface area contributed by atoms with Crippen LogP contribution in [0, 0.1) is 0 Å². The van der Waals surface area contributed by atoms with E-state index in [-0.39, 0.29) is 18.7 Å². The molecule has 1 aromatic heterocycles. The zero-order valence-electron chi connectivity index (χ0n) is 18.0. The van der Waals surface area contributed by atoms with Crippen LogP contribution in [0.15, 0.2) is 48.0 Å². The molecule has 0 aliphatic carbocycles. The smallest absolute Gasteiger partial charge is 0.255 e. The van der Waals surface area contributed by atoms with Crippen molar-refractivity contribution in [1.29, 1.82) is 0 Å². The zero-order chi connectivity index (χ0) is 23.4. The first-order valence-electron chi connectivity index (χ1n) is 11.0. The molecule has 176 valence electrons. The second-order valence-electron chi connectivity index (χ2n) is 8.32. The number of benzene rings is 1. The second kappa shape index (κ2) is 10.7. The molecule has 4 atom stereocenters. The van der Waals surface area contributed by atoms with Crippen molar-refractivity contribution in [3.8, 4) is 0 Å². The summed E-state index contributed by atoms with van der Waals surface area (Å²) in [6.45, 7) is 0.663. The van der Waals surface area contributed by atoms with E-state index >= 15 is 0 Å². The lowest BCUT2D eigenvalue weighted by Gasteiger charge is -2.31. The largest absolute Gasteiger partial charge is 0.496 e. The molecule has 1 fully saturated rings. The maximum absolute atomic E-state index is 12.8. The summed E-state index contributed by atoms with van der Waals surface area (Å²) < 4.78 is 5.53. The molecule has 1 aromatic carbocycles. The van der Waals surface area contributed by atoms with E-state index in [1.807, 2.05) is 41.8 Å². The van der Waals surface area contributed by atoms with Crippen molar-refractivity contribution >= 4 is 34.8 Å². The zero-order valence-corrected chi connectivity index (χ0v) is 19.6. The number of aliphatic hydroxyl groups is 2. The SMILES string of the molecule is O=C(NCc1cc(Cc2ccccc2Cl)cs1)[C@H](O)[C@@H](O)C(=O)N1CCCC1C1CC=CO1. The first-order chi connectivity index (χ1) is 15.9. The number of carbonyl (C=O) groups excluding carboxylic acids is 2. The molecule has 0 bridgehead atoms. The first-order valence-corrected chi connectivity index (χ1v) is 12.2. The lowest BCUT2D eigenvalue weighted by molar-refractivity contribution is -0.155. The molecular weight excluding hydrogens is 464 g/mol. The van der Waals surface area contributed by atoms with E-state index in [0.29, 0.717) is 24.4 Å². The van der Waals surface area contributed by atoms with Crippen molar-refractivity contribution < 1.29 is 24.5 Å². The number of nitrogens with one attached hydrogen (secondary N) is 1. The van der Waals surface area contributed by atoms with E-state index in [2.05, 4.69) is 5.32 Å². The third-order valence-electron chi connectivity index (χ3n) is 6.05. The van der Waals surface area contributed by atoms with Crippen LogP contribution in [-0.4, -0.2) is 57.8 Å². The highest BCUT2D eigenvalue weighted by Gasteiger charge is 2.41. The third kappa shape index (κ3) is 5.58. The molecule has 0 radical (unpaired) electrons. The number of hydrogen-bond donors (Lipinski definition) is 3. The van der Waals surface area contributed by atoms with Gasteiger partial charge in [0.2, 0.25) is 0 Å². The summed E-state index contributed by atoms with van der Waals surface area (Å²) >= 11 is 7.70. The van der Waals surface area contributed by atoms with Gasteiger partial charge in [-0.3, -0.25) is 9.59 Å². The van der Waals surface area contributed by atoms with Gasteiger partial charge in [0, 0.05) is 22.9 Å². The Morgan fingerprint density at radius 1 is 1.27 bits per heavy atom. The average Bonchev–Trinajstić information content (AvgIpc) is 3.59. The van der Waals surface area contributed by atoms with Gasteiger partial charge < -0.3 is 25.2 Å². The van der Waals surface area contributed by atoms with E-state index < -0.39 is 24.0 Å². The minimum absolute atomic E-state index is 0.145. The second-order valence-corrected chi connectivity index (χ2v) is 9.72. The topological polar surface area (TPSA) is 99.1 Å². The van der Waals surface area contributed by atoms with Crippen LogP contribution < -0.4 is 5.32 Å². The number of carbonyl (C=O) groups is 2. The van der Waals surface area contributed by atoms with Crippen molar-refractivity contribution in [3.05, 3.63) is 69.1 Å². The Hall–Kier alpha value is -2.39. The van der Waals surface area contributed by atoms with Gasteiger partial charge in [0.05, 0.1) is 18.8 Å². The maximum atomic E-state index is 12.8. The molecule has 2 aliphatic rings. The van der Waals surface area contributed by atoms with Crippen LogP contribution in [0.25, 0.3) is 0 Å². The van der Waals surface area contributed by atoms with Crippen molar-refractivity contribution in [1.82, 2.24) is 10.2 Å². The number of amides is 2. The van der Waals surface area contributed by atoms with E-state index in [4.69, 9.17) is 16.3 Å². The molecule has 2 unspecified atom stereocenters. The molecule has 2 aromatic rings. The Morgan fingerprint density at radius 2 is 2.09 bits per heavy atom. The van der Waals surface area contributed by atoms with Crippen LogP contribution in [-0.2, 0) is 27.3 Å². The summed E-state index contributed by atoms with van der Waals surface area (Å²) in [5, 5.41) is 26.0. The average molecular weight is 491 g/mol. The van der Waals surface area contributed by atoms with Crippen LogP contribution in [0.1, 0.15) is 35.3 Å². The predicted octanol–water partition coefficient (Wildman–Crippen LogP) is 2.62. The molecule has 3 N–H and O–H groups in total. The van der Waals surface area contributed by atoms with Gasteiger partial charge in [0.1, 0.15) is 6.10 Å². The molecule has 9 heteroatoms. The normalized spacial score (nSPS) is 21.6. The van der Waals surface area contributed by atoms with Gasteiger partial charge in [-0.25, -0.2) is 0 Å². The fourth-order valence-corrected chi connectivity index (χ4v) is 5.33. The molecule has 33 heavy (non-hydrogen) atoms. The van der Waals surface area contributed by atoms with Gasteiger partial charge in [0.25, 0.3) is 11.8 Å². The minimum Gasteiger partial charge on any atom is -0.496 e. The van der Waals surface area contributed by atoms with Crippen molar-refractivity contribution in [2.45, 2.75) is 56.6 Å². The number of ether oxygens (including phenoxy) is 1. The fourth-order valence-electron chi connectivity index (χ4n) is 4.30. The molecule has 7 nitrogen and oxygen atoms in total. The highest BCUT2D eigenvalue weighted by Crippen LogP contribution is 2.28. The molecular formula is C24H27ClN2O5S. The number of halogens is 1. The molecule has 1 saturated heterocycles. The first kappa shape index (κ1) is 23.8. The molecule has 0 spiro atoms. The summed E-state index contributed by atoms with van der Waals surface area (Å²) in [4.78, 5) is 27.6. The lowest BCUT2D eigenvalue weighted by atomic mass is 10.0. The van der Waals surface area contributed by atoms with Crippen LogP contribution in [0.2, 0.25) is 5.02 Å². The van der Waals surface area contributed by atoms with Crippen molar-refractivity contribution in [2.24, 2.45) is 0 Å². The molecule has 4 rings (SSSR count). The fraction of sp³-hybridized carbons (Fsp3) is 0.417. The lowest BCUT2D eigenvalue weighted by Crippen LogP contribution is -2.53. The maximum Gasteiger partial charge on any atom is 0.255 e. The van der Waals surface area contributed by atoms with E-state index in [9.17, 15) is 19.8 Å². The van der Waals surface area contributed by atoms with Gasteiger partial charge in [-0.15, -0.1) is 11.3 Å². The van der Waals surface area contributed by atoms with Crippen LogP contribution in [0.5, 0.6) is 0 Å². The number of nitrogens with zero attached hydrogens (tertiary/aromatic N) is 1. The standard InChI is InChI=1S/C24H27ClN2O5S/c25-18-6-2-1-5-16(18)11-15-12-17(33-14-15)13-26-23(30)21(28)22(29)24(31)27-9-3-7-19(27)20-8-4-10-32-20/h1-2,4-6,10,12,14,19-22,28-29H,3,7-9,11,13H2,(H,26,30)/t19?,20?,21-,22-/m1/s1. The molecule has 2 amide bonds. The molecule has 3 heterocycles. The number of thiophene rings is 1. The van der Waals surface area contributed by atoms with Crippen LogP contribution in [0.4, 0.5) is 0 Å². The Labute approximate surface area is 201 Å². The number of aliphatic hydroxyl groups excluding tert-OH is 2. The number of likely N-dealkylation sites (tertiary alicyclic amines) is 1. The van der Waals surface area contributed by atoms with Crippen LogP contribution in [0.3, 0.4) is 0 Å². The van der Waals surface area contributed by atoms with E-state index in [0.717, 1.165) is 28.8 Å². The highest BCUT2D eigenvalue weighted by atomic mass is 35.5. The summed E-state index contributed by atoms with van der Waals surface area (Å²) in [6, 6.07) is 9.43. The summed E-state index contributed by atoms with van der Waals surface area (Å²) in [6.07, 6.45) is 2.65. The van der Waals surface area contributed by atoms with E-state index in [1.54, 1.807) is 6.26 Å². The minimum atomic E-state index is -1.84. The number of rotatable bonds is 8. The summed E-state index contributed by atoms with van der Waals surface area (Å²) in [5.41, 5.74) is 2.08. The predicted molar refractivity (Wildman–Crippen MR) is 126 cm³/mol. The van der Waals surface area contributed by atoms with Gasteiger partial charge in [0.15, 0.2) is 12.2 Å². The van der Waals surface area contributed by atoms with Gasteiger partial charge >= 0.3 is 0 Å². The van der Waals surface area contributed by atoms with E-state index in [1.165, 1.54) is 16.2 Å². The Kier molecular flexibility index (Phi) is 7.70.